The van der Waals surface area contributed by atoms with Gasteiger partial charge in [0.2, 0.25) is 0 Å². The molecule has 0 bridgehead atoms. The van der Waals surface area contributed by atoms with Crippen molar-refractivity contribution in [1.82, 2.24) is 30.3 Å². The van der Waals surface area contributed by atoms with Crippen LogP contribution in [0.4, 0.5) is 0 Å². The van der Waals surface area contributed by atoms with Gasteiger partial charge in [0.1, 0.15) is 12.2 Å². The zero-order valence-electron chi connectivity index (χ0n) is 18.2. The van der Waals surface area contributed by atoms with E-state index in [9.17, 15) is 0 Å². The van der Waals surface area contributed by atoms with Crippen LogP contribution in [0.2, 0.25) is 0 Å². The van der Waals surface area contributed by atoms with Gasteiger partial charge in [0.25, 0.3) is 0 Å². The Balaban J connectivity index is 0.00000320. The van der Waals surface area contributed by atoms with Crippen molar-refractivity contribution in [2.24, 2.45) is 4.99 Å². The van der Waals surface area contributed by atoms with Crippen LogP contribution < -0.4 is 10.6 Å². The molecule has 1 atom stereocenters. The first-order chi connectivity index (χ1) is 14.2. The van der Waals surface area contributed by atoms with Crippen LogP contribution in [-0.2, 0) is 30.8 Å². The van der Waals surface area contributed by atoms with E-state index in [1.165, 1.54) is 11.1 Å². The fraction of sp³-hybridized carbons (Fsp3) is 0.571. The molecule has 0 amide bonds. The highest BCUT2D eigenvalue weighted by Gasteiger charge is 2.16. The molecule has 8 nitrogen and oxygen atoms in total. The molecule has 1 aliphatic rings. The number of guanidine groups is 1. The standard InChI is InChI=1S/C21H33N7O.HI/c1-4-20-26-25-16-28(20)9-8-23-21(22-3)24-13-18-6-5-7-19(12-18)15-27-10-11-29-17(2)14-27;/h5-7,12,16-17H,4,8-11,13-15H2,1-3H3,(H2,22,23,24);1H. The highest BCUT2D eigenvalue weighted by atomic mass is 127. The second-order valence-electron chi connectivity index (χ2n) is 7.38. The second kappa shape index (κ2) is 12.9. The maximum absolute atomic E-state index is 5.64. The second-order valence-corrected chi connectivity index (χ2v) is 7.38. The summed E-state index contributed by atoms with van der Waals surface area (Å²) in [4.78, 5) is 6.78. The molecule has 1 aromatic carbocycles. The van der Waals surface area contributed by atoms with Crippen molar-refractivity contribution < 1.29 is 4.74 Å². The van der Waals surface area contributed by atoms with Gasteiger partial charge in [-0.15, -0.1) is 34.2 Å². The smallest absolute Gasteiger partial charge is 0.191 e. The van der Waals surface area contributed by atoms with Gasteiger partial charge in [0, 0.05) is 52.7 Å². The Kier molecular flexibility index (Phi) is 10.5. The number of aliphatic imine (C=N–C) groups is 1. The number of benzene rings is 1. The van der Waals surface area contributed by atoms with Gasteiger partial charge in [-0.05, 0) is 18.1 Å². The first-order valence-electron chi connectivity index (χ1n) is 10.4. The number of halogens is 1. The van der Waals surface area contributed by atoms with Crippen molar-refractivity contribution in [2.75, 3.05) is 33.3 Å². The van der Waals surface area contributed by atoms with E-state index in [1.807, 2.05) is 0 Å². The van der Waals surface area contributed by atoms with Crippen LogP contribution in [0, 0.1) is 0 Å². The average Bonchev–Trinajstić information content (AvgIpc) is 3.18. The normalized spacial score (nSPS) is 17.4. The maximum Gasteiger partial charge on any atom is 0.191 e. The summed E-state index contributed by atoms with van der Waals surface area (Å²) in [6.07, 6.45) is 2.97. The molecule has 9 heteroatoms. The number of hydrogen-bond acceptors (Lipinski definition) is 5. The largest absolute Gasteiger partial charge is 0.376 e. The highest BCUT2D eigenvalue weighted by molar-refractivity contribution is 14.0. The van der Waals surface area contributed by atoms with Crippen molar-refractivity contribution in [1.29, 1.82) is 0 Å². The molecule has 2 aromatic rings. The summed E-state index contributed by atoms with van der Waals surface area (Å²) in [6.45, 7) is 10.3. The third-order valence-corrected chi connectivity index (χ3v) is 5.06. The summed E-state index contributed by atoms with van der Waals surface area (Å²) >= 11 is 0. The molecule has 1 fully saturated rings. The minimum absolute atomic E-state index is 0. The van der Waals surface area contributed by atoms with Crippen LogP contribution in [0.5, 0.6) is 0 Å². The number of nitrogens with zero attached hydrogens (tertiary/aromatic N) is 5. The number of hydrogen-bond donors (Lipinski definition) is 2. The van der Waals surface area contributed by atoms with Gasteiger partial charge in [0.15, 0.2) is 5.96 Å². The molecule has 3 rings (SSSR count). The van der Waals surface area contributed by atoms with Crippen molar-refractivity contribution in [2.45, 2.75) is 46.0 Å². The van der Waals surface area contributed by atoms with Crippen molar-refractivity contribution in [3.05, 3.63) is 47.5 Å². The fourth-order valence-corrected chi connectivity index (χ4v) is 3.57. The average molecular weight is 527 g/mol. The van der Waals surface area contributed by atoms with Gasteiger partial charge in [-0.3, -0.25) is 9.89 Å². The van der Waals surface area contributed by atoms with E-state index in [0.717, 1.165) is 64.1 Å². The Hall–Kier alpha value is -1.72. The SMILES string of the molecule is CCc1nncn1CCNC(=NC)NCc1cccc(CN2CCOC(C)C2)c1.I. The molecule has 30 heavy (non-hydrogen) atoms. The van der Waals surface area contributed by atoms with Crippen LogP contribution in [0.15, 0.2) is 35.6 Å². The van der Waals surface area contributed by atoms with Gasteiger partial charge in [-0.25, -0.2) is 0 Å². The summed E-state index contributed by atoms with van der Waals surface area (Å²) in [5.41, 5.74) is 2.58. The summed E-state index contributed by atoms with van der Waals surface area (Å²) in [5.74, 6) is 1.80. The maximum atomic E-state index is 5.64. The van der Waals surface area contributed by atoms with E-state index in [-0.39, 0.29) is 24.0 Å². The number of morpholine rings is 1. The Labute approximate surface area is 196 Å². The van der Waals surface area contributed by atoms with Gasteiger partial charge < -0.3 is 19.9 Å². The van der Waals surface area contributed by atoms with Gasteiger partial charge in [-0.1, -0.05) is 31.2 Å². The van der Waals surface area contributed by atoms with Crippen molar-refractivity contribution >= 4 is 29.9 Å². The summed E-state index contributed by atoms with van der Waals surface area (Å²) < 4.78 is 7.70. The summed E-state index contributed by atoms with van der Waals surface area (Å²) in [5, 5.41) is 14.8. The molecule has 0 saturated carbocycles. The van der Waals surface area contributed by atoms with E-state index in [1.54, 1.807) is 13.4 Å². The number of aryl methyl sites for hydroxylation is 1. The first-order valence-corrected chi connectivity index (χ1v) is 10.4. The quantitative estimate of drug-likeness (QED) is 0.311. The van der Waals surface area contributed by atoms with E-state index in [0.29, 0.717) is 6.10 Å². The summed E-state index contributed by atoms with van der Waals surface area (Å²) in [7, 11) is 1.79. The Morgan fingerprint density at radius 2 is 2.13 bits per heavy atom. The molecular formula is C21H34IN7O. The molecule has 0 aliphatic carbocycles. The fourth-order valence-electron chi connectivity index (χ4n) is 3.57. The number of aromatic nitrogens is 3. The summed E-state index contributed by atoms with van der Waals surface area (Å²) in [6, 6.07) is 8.74. The van der Waals surface area contributed by atoms with Crippen LogP contribution in [0.25, 0.3) is 0 Å². The monoisotopic (exact) mass is 527 g/mol. The van der Waals surface area contributed by atoms with E-state index in [4.69, 9.17) is 4.74 Å². The zero-order chi connectivity index (χ0) is 20.5. The van der Waals surface area contributed by atoms with E-state index < -0.39 is 0 Å². The Bertz CT molecular complexity index is 795. The molecular weight excluding hydrogens is 493 g/mol. The number of nitrogens with one attached hydrogen (secondary N) is 2. The predicted molar refractivity (Wildman–Crippen MR) is 130 cm³/mol. The zero-order valence-corrected chi connectivity index (χ0v) is 20.5. The molecule has 1 unspecified atom stereocenters. The minimum atomic E-state index is 0. The molecule has 2 heterocycles. The number of rotatable bonds is 8. The molecule has 1 saturated heterocycles. The Morgan fingerprint density at radius 3 is 2.90 bits per heavy atom. The lowest BCUT2D eigenvalue weighted by atomic mass is 10.1. The molecule has 0 spiro atoms. The molecule has 166 valence electrons. The first kappa shape index (κ1) is 24.5. The lowest BCUT2D eigenvalue weighted by Gasteiger charge is -2.31. The van der Waals surface area contributed by atoms with E-state index >= 15 is 0 Å². The van der Waals surface area contributed by atoms with Gasteiger partial charge in [0.05, 0.1) is 12.7 Å². The van der Waals surface area contributed by atoms with Gasteiger partial charge in [-0.2, -0.15) is 0 Å². The van der Waals surface area contributed by atoms with Crippen LogP contribution in [0.3, 0.4) is 0 Å². The third-order valence-electron chi connectivity index (χ3n) is 5.06. The lowest BCUT2D eigenvalue weighted by molar-refractivity contribution is -0.0212. The highest BCUT2D eigenvalue weighted by Crippen LogP contribution is 2.12. The predicted octanol–water partition coefficient (Wildman–Crippen LogP) is 2.04. The van der Waals surface area contributed by atoms with Gasteiger partial charge >= 0.3 is 0 Å². The third kappa shape index (κ3) is 7.51. The Morgan fingerprint density at radius 1 is 1.30 bits per heavy atom. The molecule has 1 aromatic heterocycles. The minimum Gasteiger partial charge on any atom is -0.376 e. The lowest BCUT2D eigenvalue weighted by Crippen LogP contribution is -2.40. The van der Waals surface area contributed by atoms with Crippen LogP contribution in [0.1, 0.15) is 30.8 Å². The molecule has 0 radical (unpaired) electrons. The molecule has 2 N–H and O–H groups in total. The van der Waals surface area contributed by atoms with E-state index in [2.05, 4.69) is 73.4 Å². The van der Waals surface area contributed by atoms with Crippen molar-refractivity contribution in [3.63, 3.8) is 0 Å². The van der Waals surface area contributed by atoms with Crippen LogP contribution in [-0.4, -0.2) is 65.0 Å². The molecule has 1 aliphatic heterocycles. The topological polar surface area (TPSA) is 79.6 Å². The number of ether oxygens (including phenoxy) is 1. The van der Waals surface area contributed by atoms with Crippen LogP contribution >= 0.6 is 24.0 Å². The van der Waals surface area contributed by atoms with Crippen molar-refractivity contribution in [3.8, 4) is 0 Å².